The van der Waals surface area contributed by atoms with Crippen molar-refractivity contribution < 1.29 is 4.74 Å². The van der Waals surface area contributed by atoms with Gasteiger partial charge in [-0.2, -0.15) is 0 Å². The molecule has 1 aliphatic carbocycles. The van der Waals surface area contributed by atoms with Crippen molar-refractivity contribution in [2.24, 2.45) is 5.41 Å². The van der Waals surface area contributed by atoms with Gasteiger partial charge in [0.15, 0.2) is 0 Å². The van der Waals surface area contributed by atoms with Gasteiger partial charge >= 0.3 is 0 Å². The highest BCUT2D eigenvalue weighted by molar-refractivity contribution is 5.64. The molecule has 1 aromatic carbocycles. The predicted molar refractivity (Wildman–Crippen MR) is 56.9 cm³/mol. The lowest BCUT2D eigenvalue weighted by Crippen LogP contribution is -2.45. The number of nitrogens with zero attached hydrogens (tertiary/aromatic N) is 1. The van der Waals surface area contributed by atoms with Crippen molar-refractivity contribution in [3.8, 4) is 5.75 Å². The molecule has 0 unspecified atom stereocenters. The summed E-state index contributed by atoms with van der Waals surface area (Å²) in [6.45, 7) is 3.56. The lowest BCUT2D eigenvalue weighted by molar-refractivity contribution is 0.395. The van der Waals surface area contributed by atoms with Crippen LogP contribution in [0.2, 0.25) is 0 Å². The molecule has 1 aliphatic heterocycles. The molecule has 74 valence electrons. The van der Waals surface area contributed by atoms with Crippen LogP contribution in [0.3, 0.4) is 0 Å². The van der Waals surface area contributed by atoms with Gasteiger partial charge in [-0.05, 0) is 18.6 Å². The van der Waals surface area contributed by atoms with Crippen molar-refractivity contribution in [2.45, 2.75) is 19.4 Å². The van der Waals surface area contributed by atoms with E-state index in [1.54, 1.807) is 7.11 Å². The molecule has 2 aliphatic rings. The summed E-state index contributed by atoms with van der Waals surface area (Å²) >= 11 is 0. The third-order valence-electron chi connectivity index (χ3n) is 3.61. The van der Waals surface area contributed by atoms with Crippen LogP contribution >= 0.6 is 0 Å². The van der Waals surface area contributed by atoms with E-state index in [4.69, 9.17) is 4.74 Å². The van der Waals surface area contributed by atoms with E-state index < -0.39 is 0 Å². The van der Waals surface area contributed by atoms with Gasteiger partial charge in [-0.3, -0.25) is 0 Å². The first-order chi connectivity index (χ1) is 6.74. The maximum atomic E-state index is 5.36. The second-order valence-corrected chi connectivity index (χ2v) is 4.67. The summed E-state index contributed by atoms with van der Waals surface area (Å²) in [6, 6.07) is 9.06. The maximum absolute atomic E-state index is 5.36. The first kappa shape index (κ1) is 8.16. The number of hydrogen-bond acceptors (Lipinski definition) is 2. The number of benzene rings is 1. The third kappa shape index (κ3) is 0.912. The summed E-state index contributed by atoms with van der Waals surface area (Å²) in [5, 5.41) is 0. The van der Waals surface area contributed by atoms with Gasteiger partial charge in [0.1, 0.15) is 5.75 Å². The SMILES string of the molecule is COc1ccccc1N1C[C@@]2(C)C[C@@H]12. The predicted octanol–water partition coefficient (Wildman–Crippen LogP) is 2.29. The van der Waals surface area contributed by atoms with E-state index >= 15 is 0 Å². The molecule has 14 heavy (non-hydrogen) atoms. The Kier molecular flexibility index (Phi) is 1.42. The zero-order valence-electron chi connectivity index (χ0n) is 8.66. The smallest absolute Gasteiger partial charge is 0.142 e. The number of fused-ring (bicyclic) bond motifs is 1. The van der Waals surface area contributed by atoms with E-state index in [0.29, 0.717) is 5.41 Å². The van der Waals surface area contributed by atoms with Crippen LogP contribution in [-0.4, -0.2) is 19.7 Å². The Morgan fingerprint density at radius 3 is 2.79 bits per heavy atom. The van der Waals surface area contributed by atoms with Gasteiger partial charge < -0.3 is 9.64 Å². The van der Waals surface area contributed by atoms with Gasteiger partial charge in [-0.1, -0.05) is 19.1 Å². The normalized spacial score (nSPS) is 33.3. The van der Waals surface area contributed by atoms with Crippen LogP contribution in [0.25, 0.3) is 0 Å². The minimum atomic E-state index is 0.626. The first-order valence-corrected chi connectivity index (χ1v) is 5.14. The molecule has 1 aromatic rings. The number of anilines is 1. The highest BCUT2D eigenvalue weighted by atomic mass is 16.5. The highest BCUT2D eigenvalue weighted by Crippen LogP contribution is 2.60. The van der Waals surface area contributed by atoms with Crippen LogP contribution in [-0.2, 0) is 0 Å². The zero-order chi connectivity index (χ0) is 9.76. The average molecular weight is 189 g/mol. The Hall–Kier alpha value is -1.18. The molecule has 2 atom stereocenters. The Morgan fingerprint density at radius 1 is 1.43 bits per heavy atom. The van der Waals surface area contributed by atoms with Gasteiger partial charge in [0.2, 0.25) is 0 Å². The monoisotopic (exact) mass is 189 g/mol. The number of hydrogen-bond donors (Lipinski definition) is 0. The van der Waals surface area contributed by atoms with E-state index in [1.165, 1.54) is 18.7 Å². The van der Waals surface area contributed by atoms with E-state index in [-0.39, 0.29) is 0 Å². The summed E-state index contributed by atoms with van der Waals surface area (Å²) in [6.07, 6.45) is 1.35. The molecule has 1 saturated carbocycles. The van der Waals surface area contributed by atoms with Gasteiger partial charge in [-0.25, -0.2) is 0 Å². The molecular weight excluding hydrogens is 174 g/mol. The molecule has 3 rings (SSSR count). The number of ether oxygens (including phenoxy) is 1. The summed E-state index contributed by atoms with van der Waals surface area (Å²) in [7, 11) is 1.74. The van der Waals surface area contributed by atoms with Crippen molar-refractivity contribution in [1.29, 1.82) is 0 Å². The van der Waals surface area contributed by atoms with E-state index in [9.17, 15) is 0 Å². The fourth-order valence-electron chi connectivity index (χ4n) is 2.55. The fourth-order valence-corrected chi connectivity index (χ4v) is 2.55. The van der Waals surface area contributed by atoms with Crippen LogP contribution in [0.4, 0.5) is 5.69 Å². The fraction of sp³-hybridized carbons (Fsp3) is 0.500. The molecule has 0 bridgehead atoms. The molecule has 2 fully saturated rings. The van der Waals surface area contributed by atoms with E-state index in [2.05, 4.69) is 24.0 Å². The van der Waals surface area contributed by atoms with E-state index in [0.717, 1.165) is 11.8 Å². The summed E-state index contributed by atoms with van der Waals surface area (Å²) in [5.41, 5.74) is 1.89. The zero-order valence-corrected chi connectivity index (χ0v) is 8.66. The Labute approximate surface area is 84.5 Å². The van der Waals surface area contributed by atoms with Crippen LogP contribution in [0.15, 0.2) is 24.3 Å². The van der Waals surface area contributed by atoms with Crippen molar-refractivity contribution in [3.63, 3.8) is 0 Å². The molecule has 1 saturated heterocycles. The van der Waals surface area contributed by atoms with Crippen LogP contribution in [0.5, 0.6) is 5.75 Å². The Balaban J connectivity index is 1.90. The summed E-state index contributed by atoms with van der Waals surface area (Å²) in [4.78, 5) is 2.46. The summed E-state index contributed by atoms with van der Waals surface area (Å²) < 4.78 is 5.36. The molecular formula is C12H15NO. The molecule has 0 aromatic heterocycles. The second-order valence-electron chi connectivity index (χ2n) is 4.67. The molecule has 2 nitrogen and oxygen atoms in total. The molecule has 2 heteroatoms. The maximum Gasteiger partial charge on any atom is 0.142 e. The van der Waals surface area contributed by atoms with Gasteiger partial charge in [-0.15, -0.1) is 0 Å². The lowest BCUT2D eigenvalue weighted by atomic mass is 10.00. The average Bonchev–Trinajstić information content (AvgIpc) is 2.73. The number of methoxy groups -OCH3 is 1. The Bertz CT molecular complexity index is 376. The first-order valence-electron chi connectivity index (χ1n) is 5.14. The van der Waals surface area contributed by atoms with E-state index in [1.807, 2.05) is 12.1 Å². The van der Waals surface area contributed by atoms with Crippen LogP contribution < -0.4 is 9.64 Å². The van der Waals surface area contributed by atoms with Crippen molar-refractivity contribution in [2.75, 3.05) is 18.6 Å². The topological polar surface area (TPSA) is 12.5 Å². The molecule has 0 radical (unpaired) electrons. The quantitative estimate of drug-likeness (QED) is 0.707. The largest absolute Gasteiger partial charge is 0.495 e. The van der Waals surface area contributed by atoms with Gasteiger partial charge in [0.05, 0.1) is 12.8 Å². The minimum absolute atomic E-state index is 0.626. The second kappa shape index (κ2) is 2.44. The third-order valence-corrected chi connectivity index (χ3v) is 3.61. The summed E-state index contributed by atoms with van der Waals surface area (Å²) in [5.74, 6) is 1.00. The molecule has 1 heterocycles. The molecule has 0 spiro atoms. The van der Waals surface area contributed by atoms with Gasteiger partial charge in [0.25, 0.3) is 0 Å². The van der Waals surface area contributed by atoms with Crippen molar-refractivity contribution in [3.05, 3.63) is 24.3 Å². The van der Waals surface area contributed by atoms with Crippen molar-refractivity contribution >= 4 is 5.69 Å². The van der Waals surface area contributed by atoms with Crippen LogP contribution in [0, 0.1) is 5.41 Å². The number of para-hydroxylation sites is 2. The van der Waals surface area contributed by atoms with Crippen LogP contribution in [0.1, 0.15) is 13.3 Å². The van der Waals surface area contributed by atoms with Crippen molar-refractivity contribution in [1.82, 2.24) is 0 Å². The standard InChI is InChI=1S/C12H15NO/c1-12-7-11(12)13(8-12)9-5-3-4-6-10(9)14-2/h3-6,11H,7-8H2,1-2H3/t11-,12-/m1/s1. The highest BCUT2D eigenvalue weighted by Gasteiger charge is 2.63. The Morgan fingerprint density at radius 2 is 2.21 bits per heavy atom. The number of rotatable bonds is 2. The van der Waals surface area contributed by atoms with Gasteiger partial charge in [0, 0.05) is 18.0 Å². The lowest BCUT2D eigenvalue weighted by Gasteiger charge is -2.39. The molecule has 0 N–H and O–H groups in total. The molecule has 0 amide bonds. The minimum Gasteiger partial charge on any atom is -0.495 e.